The fraction of sp³-hybridized carbons (Fsp3) is 0.389. The fourth-order valence-corrected chi connectivity index (χ4v) is 2.70. The van der Waals surface area contributed by atoms with Crippen molar-refractivity contribution in [1.29, 1.82) is 0 Å². The Balaban J connectivity index is 0.00000288. The Morgan fingerprint density at radius 2 is 1.83 bits per heavy atom. The summed E-state index contributed by atoms with van der Waals surface area (Å²) in [5.74, 6) is 0.847. The normalized spacial score (nSPS) is 11.0. The Kier molecular flexibility index (Phi) is 10.7. The number of rotatable bonds is 8. The van der Waals surface area contributed by atoms with E-state index in [1.54, 1.807) is 11.3 Å². The first-order chi connectivity index (χ1) is 11.3. The molecule has 0 aliphatic heterocycles. The van der Waals surface area contributed by atoms with Crippen molar-refractivity contribution in [2.75, 3.05) is 13.2 Å². The van der Waals surface area contributed by atoms with E-state index in [-0.39, 0.29) is 24.0 Å². The molecule has 1 heterocycles. The molecule has 0 spiro atoms. The molecule has 0 amide bonds. The van der Waals surface area contributed by atoms with Crippen LogP contribution in [0.1, 0.15) is 29.9 Å². The van der Waals surface area contributed by atoms with Crippen LogP contribution in [-0.4, -0.2) is 19.1 Å². The third kappa shape index (κ3) is 7.63. The van der Waals surface area contributed by atoms with Gasteiger partial charge in [-0.25, -0.2) is 4.99 Å². The van der Waals surface area contributed by atoms with Crippen molar-refractivity contribution in [2.45, 2.75) is 33.5 Å². The zero-order chi connectivity index (χ0) is 16.3. The number of ether oxygens (including phenoxy) is 1. The number of benzene rings is 1. The van der Waals surface area contributed by atoms with Crippen LogP contribution in [-0.2, 0) is 24.4 Å². The van der Waals surface area contributed by atoms with Gasteiger partial charge in [-0.15, -0.1) is 35.3 Å². The van der Waals surface area contributed by atoms with Crippen molar-refractivity contribution in [1.82, 2.24) is 10.6 Å². The highest BCUT2D eigenvalue weighted by molar-refractivity contribution is 14.0. The van der Waals surface area contributed by atoms with E-state index in [1.807, 2.05) is 6.92 Å². The molecule has 0 unspecified atom stereocenters. The SMILES string of the molecule is CCNC(=NCc1ccc(COCC)cc1)NCc1cccs1.I. The monoisotopic (exact) mass is 459 g/mol. The van der Waals surface area contributed by atoms with Crippen molar-refractivity contribution < 1.29 is 4.74 Å². The van der Waals surface area contributed by atoms with Gasteiger partial charge >= 0.3 is 0 Å². The zero-order valence-electron chi connectivity index (χ0n) is 14.2. The lowest BCUT2D eigenvalue weighted by molar-refractivity contribution is 0.134. The maximum atomic E-state index is 5.41. The largest absolute Gasteiger partial charge is 0.377 e. The highest BCUT2D eigenvalue weighted by Gasteiger charge is 2.00. The molecule has 4 nitrogen and oxygen atoms in total. The highest BCUT2D eigenvalue weighted by Crippen LogP contribution is 2.08. The topological polar surface area (TPSA) is 45.7 Å². The van der Waals surface area contributed by atoms with E-state index in [1.165, 1.54) is 16.0 Å². The molecule has 0 aliphatic rings. The molecule has 132 valence electrons. The summed E-state index contributed by atoms with van der Waals surface area (Å²) in [6, 6.07) is 12.6. The first-order valence-corrected chi connectivity index (χ1v) is 8.90. The van der Waals surface area contributed by atoms with Crippen LogP contribution in [0.5, 0.6) is 0 Å². The molecule has 0 saturated heterocycles. The Bertz CT molecular complexity index is 585. The minimum absolute atomic E-state index is 0. The van der Waals surface area contributed by atoms with Gasteiger partial charge in [0.2, 0.25) is 0 Å². The lowest BCUT2D eigenvalue weighted by atomic mass is 10.1. The standard InChI is InChI=1S/C18H25N3OS.HI/c1-3-19-18(21-13-17-6-5-11-23-17)20-12-15-7-9-16(10-8-15)14-22-4-2;/h5-11H,3-4,12-14H2,1-2H3,(H2,19,20,21);1H. The summed E-state index contributed by atoms with van der Waals surface area (Å²) in [5.41, 5.74) is 2.39. The van der Waals surface area contributed by atoms with E-state index in [0.717, 1.165) is 25.7 Å². The van der Waals surface area contributed by atoms with Gasteiger partial charge in [0.05, 0.1) is 19.7 Å². The second-order valence-electron chi connectivity index (χ2n) is 5.08. The predicted octanol–water partition coefficient (Wildman–Crippen LogP) is 4.16. The molecule has 2 aromatic rings. The first kappa shape index (κ1) is 20.9. The van der Waals surface area contributed by atoms with E-state index in [0.29, 0.717) is 13.2 Å². The van der Waals surface area contributed by atoms with Crippen LogP contribution >= 0.6 is 35.3 Å². The molecule has 1 aromatic heterocycles. The summed E-state index contributed by atoms with van der Waals surface area (Å²) in [4.78, 5) is 5.94. The van der Waals surface area contributed by atoms with Crippen LogP contribution in [0.25, 0.3) is 0 Å². The molecule has 0 aliphatic carbocycles. The lowest BCUT2D eigenvalue weighted by Gasteiger charge is -2.10. The van der Waals surface area contributed by atoms with Gasteiger partial charge in [0.1, 0.15) is 0 Å². The second-order valence-corrected chi connectivity index (χ2v) is 6.11. The summed E-state index contributed by atoms with van der Waals surface area (Å²) in [7, 11) is 0. The molecule has 0 radical (unpaired) electrons. The molecule has 2 N–H and O–H groups in total. The van der Waals surface area contributed by atoms with Crippen molar-refractivity contribution in [3.63, 3.8) is 0 Å². The van der Waals surface area contributed by atoms with Gasteiger partial charge in [-0.1, -0.05) is 30.3 Å². The van der Waals surface area contributed by atoms with E-state index >= 15 is 0 Å². The third-order valence-corrected chi connectivity index (χ3v) is 4.15. The number of nitrogens with zero attached hydrogens (tertiary/aromatic N) is 1. The molecule has 0 saturated carbocycles. The van der Waals surface area contributed by atoms with Crippen molar-refractivity contribution in [3.05, 3.63) is 57.8 Å². The van der Waals surface area contributed by atoms with Crippen LogP contribution in [0.2, 0.25) is 0 Å². The minimum atomic E-state index is 0. The maximum Gasteiger partial charge on any atom is 0.191 e. The van der Waals surface area contributed by atoms with E-state index in [2.05, 4.69) is 64.3 Å². The Hall–Kier alpha value is -1.12. The van der Waals surface area contributed by atoms with E-state index in [9.17, 15) is 0 Å². The predicted molar refractivity (Wildman–Crippen MR) is 113 cm³/mol. The van der Waals surface area contributed by atoms with Gasteiger partial charge in [0.15, 0.2) is 5.96 Å². The van der Waals surface area contributed by atoms with Gasteiger partial charge in [-0.3, -0.25) is 0 Å². The summed E-state index contributed by atoms with van der Waals surface area (Å²) in [6.07, 6.45) is 0. The summed E-state index contributed by atoms with van der Waals surface area (Å²) in [5, 5.41) is 8.73. The van der Waals surface area contributed by atoms with E-state index < -0.39 is 0 Å². The van der Waals surface area contributed by atoms with Gasteiger partial charge in [-0.2, -0.15) is 0 Å². The Morgan fingerprint density at radius 3 is 2.46 bits per heavy atom. The average Bonchev–Trinajstić information content (AvgIpc) is 3.10. The molecule has 0 atom stereocenters. The number of guanidine groups is 1. The maximum absolute atomic E-state index is 5.41. The van der Waals surface area contributed by atoms with Gasteiger partial charge in [-0.05, 0) is 36.4 Å². The van der Waals surface area contributed by atoms with Crippen molar-refractivity contribution >= 4 is 41.3 Å². The van der Waals surface area contributed by atoms with Crippen LogP contribution in [0.3, 0.4) is 0 Å². The molecule has 2 rings (SSSR count). The van der Waals surface area contributed by atoms with E-state index in [4.69, 9.17) is 4.74 Å². The third-order valence-electron chi connectivity index (χ3n) is 3.27. The number of hydrogen-bond donors (Lipinski definition) is 2. The smallest absolute Gasteiger partial charge is 0.191 e. The number of aliphatic imine (C=N–C) groups is 1. The molecule has 0 fully saturated rings. The Morgan fingerprint density at radius 1 is 1.08 bits per heavy atom. The Labute approximate surface area is 165 Å². The van der Waals surface area contributed by atoms with Crippen molar-refractivity contribution in [2.24, 2.45) is 4.99 Å². The number of hydrogen-bond acceptors (Lipinski definition) is 3. The molecule has 1 aromatic carbocycles. The fourth-order valence-electron chi connectivity index (χ4n) is 2.06. The molecule has 24 heavy (non-hydrogen) atoms. The zero-order valence-corrected chi connectivity index (χ0v) is 17.4. The van der Waals surface area contributed by atoms with Crippen LogP contribution in [0.4, 0.5) is 0 Å². The van der Waals surface area contributed by atoms with Gasteiger partial charge < -0.3 is 15.4 Å². The van der Waals surface area contributed by atoms with Crippen LogP contribution < -0.4 is 10.6 Å². The number of thiophene rings is 1. The summed E-state index contributed by atoms with van der Waals surface area (Å²) < 4.78 is 5.41. The summed E-state index contributed by atoms with van der Waals surface area (Å²) in [6.45, 7) is 7.81. The van der Waals surface area contributed by atoms with Gasteiger partial charge in [0.25, 0.3) is 0 Å². The lowest BCUT2D eigenvalue weighted by Crippen LogP contribution is -2.36. The summed E-state index contributed by atoms with van der Waals surface area (Å²) >= 11 is 1.75. The van der Waals surface area contributed by atoms with Crippen LogP contribution in [0, 0.1) is 0 Å². The number of nitrogens with one attached hydrogen (secondary N) is 2. The quantitative estimate of drug-likeness (QED) is 0.354. The first-order valence-electron chi connectivity index (χ1n) is 8.02. The number of halogens is 1. The second kappa shape index (κ2) is 12.3. The molecular formula is C18H26IN3OS. The minimum Gasteiger partial charge on any atom is -0.377 e. The van der Waals surface area contributed by atoms with Gasteiger partial charge in [0, 0.05) is 18.0 Å². The highest BCUT2D eigenvalue weighted by atomic mass is 127. The average molecular weight is 459 g/mol. The van der Waals surface area contributed by atoms with Crippen LogP contribution in [0.15, 0.2) is 46.8 Å². The molecule has 0 bridgehead atoms. The molecule has 6 heteroatoms. The van der Waals surface area contributed by atoms with Crippen molar-refractivity contribution in [3.8, 4) is 0 Å². The molecular weight excluding hydrogens is 433 g/mol.